The molecule has 10 heavy (non-hydrogen) atoms. The highest BCUT2D eigenvalue weighted by Crippen LogP contribution is 2.04. The molecule has 0 unspecified atom stereocenters. The normalized spacial score (nSPS) is 9.40. The van der Waals surface area contributed by atoms with Crippen LogP contribution in [0.2, 0.25) is 0 Å². The number of nitrogens with zero attached hydrogens (tertiary/aromatic N) is 2. The Morgan fingerprint density at radius 1 is 1.60 bits per heavy atom. The molecule has 0 aliphatic carbocycles. The molecule has 0 saturated carbocycles. The highest BCUT2D eigenvalue weighted by Gasteiger charge is 1.94. The number of aliphatic hydroxyl groups is 1. The Morgan fingerprint density at radius 3 is 3.00 bits per heavy atom. The second-order valence-corrected chi connectivity index (χ2v) is 1.71. The van der Waals surface area contributed by atoms with E-state index in [9.17, 15) is 0 Å². The second-order valence-electron chi connectivity index (χ2n) is 1.71. The van der Waals surface area contributed by atoms with E-state index in [2.05, 4.69) is 9.97 Å². The fraction of sp³-hybridized carbons (Fsp3) is 0.333. The number of hydrogen-bond donors (Lipinski definition) is 1. The molecule has 54 valence electrons. The average Bonchev–Trinajstić information content (AvgIpc) is 2.05. The number of ether oxygens (including phenoxy) is 1. The van der Waals surface area contributed by atoms with Gasteiger partial charge in [-0.15, -0.1) is 0 Å². The van der Waals surface area contributed by atoms with Gasteiger partial charge in [-0.05, 0) is 0 Å². The summed E-state index contributed by atoms with van der Waals surface area (Å²) in [6.07, 6.45) is 1.35. The zero-order valence-corrected chi connectivity index (χ0v) is 5.61. The van der Waals surface area contributed by atoms with Gasteiger partial charge >= 0.3 is 0 Å². The van der Waals surface area contributed by atoms with Crippen LogP contribution in [0.15, 0.2) is 12.4 Å². The van der Waals surface area contributed by atoms with Crippen LogP contribution in [0.3, 0.4) is 0 Å². The first-order valence-corrected chi connectivity index (χ1v) is 2.82. The van der Waals surface area contributed by atoms with Gasteiger partial charge in [0.25, 0.3) is 0 Å². The van der Waals surface area contributed by atoms with Crippen molar-refractivity contribution in [1.82, 2.24) is 9.97 Å². The summed E-state index contributed by atoms with van der Waals surface area (Å²) < 4.78 is 4.79. The molecular formula is C6H8N2O2. The first kappa shape index (κ1) is 6.95. The molecule has 1 N–H and O–H groups in total. The lowest BCUT2D eigenvalue weighted by Crippen LogP contribution is -1.93. The molecule has 0 atom stereocenters. The molecule has 1 aromatic rings. The van der Waals surface area contributed by atoms with Gasteiger partial charge in [-0.2, -0.15) is 0 Å². The molecule has 0 bridgehead atoms. The van der Waals surface area contributed by atoms with E-state index in [4.69, 9.17) is 9.84 Å². The van der Waals surface area contributed by atoms with E-state index in [-0.39, 0.29) is 6.61 Å². The van der Waals surface area contributed by atoms with E-state index in [0.717, 1.165) is 0 Å². The van der Waals surface area contributed by atoms with Gasteiger partial charge in [-0.3, -0.25) is 0 Å². The number of methoxy groups -OCH3 is 1. The third-order valence-electron chi connectivity index (χ3n) is 1.07. The molecule has 0 fully saturated rings. The van der Waals surface area contributed by atoms with E-state index in [1.54, 1.807) is 6.07 Å². The van der Waals surface area contributed by atoms with Crippen molar-refractivity contribution in [2.75, 3.05) is 7.11 Å². The third-order valence-corrected chi connectivity index (χ3v) is 1.07. The summed E-state index contributed by atoms with van der Waals surface area (Å²) in [6.45, 7) is -0.0844. The van der Waals surface area contributed by atoms with Crippen LogP contribution in [-0.2, 0) is 6.61 Å². The Balaban J connectivity index is 2.87. The van der Waals surface area contributed by atoms with Gasteiger partial charge in [0.15, 0.2) is 0 Å². The lowest BCUT2D eigenvalue weighted by molar-refractivity contribution is 0.275. The first-order valence-electron chi connectivity index (χ1n) is 2.82. The monoisotopic (exact) mass is 140 g/mol. The lowest BCUT2D eigenvalue weighted by atomic mass is 10.4. The standard InChI is InChI=1S/C6H8N2O2/c1-10-6-2-5(3-9)7-4-8-6/h2,4,9H,3H2,1H3. The molecule has 0 radical (unpaired) electrons. The Labute approximate surface area is 58.5 Å². The molecule has 4 heteroatoms. The minimum Gasteiger partial charge on any atom is -0.481 e. The van der Waals surface area contributed by atoms with E-state index in [1.165, 1.54) is 13.4 Å². The van der Waals surface area contributed by atoms with Crippen LogP contribution >= 0.6 is 0 Å². The predicted molar refractivity (Wildman–Crippen MR) is 34.5 cm³/mol. The van der Waals surface area contributed by atoms with Crippen LogP contribution < -0.4 is 4.74 Å². The molecule has 1 rings (SSSR count). The number of hydrogen-bond acceptors (Lipinski definition) is 4. The van der Waals surface area contributed by atoms with E-state index in [0.29, 0.717) is 11.6 Å². The summed E-state index contributed by atoms with van der Waals surface area (Å²) >= 11 is 0. The van der Waals surface area contributed by atoms with Crippen molar-refractivity contribution in [3.63, 3.8) is 0 Å². The Morgan fingerprint density at radius 2 is 2.40 bits per heavy atom. The molecular weight excluding hydrogens is 132 g/mol. The summed E-state index contributed by atoms with van der Waals surface area (Å²) in [7, 11) is 1.52. The second kappa shape index (κ2) is 3.12. The van der Waals surface area contributed by atoms with Crippen molar-refractivity contribution in [1.29, 1.82) is 0 Å². The Bertz CT molecular complexity index is 195. The van der Waals surface area contributed by atoms with Gasteiger partial charge < -0.3 is 9.84 Å². The minimum atomic E-state index is -0.0844. The van der Waals surface area contributed by atoms with Crippen LogP contribution in [-0.4, -0.2) is 22.2 Å². The van der Waals surface area contributed by atoms with Gasteiger partial charge in [0.1, 0.15) is 6.33 Å². The largest absolute Gasteiger partial charge is 0.481 e. The van der Waals surface area contributed by atoms with Gasteiger partial charge in [0, 0.05) is 6.07 Å². The maximum absolute atomic E-state index is 8.61. The molecule has 0 amide bonds. The van der Waals surface area contributed by atoms with Gasteiger partial charge in [-0.25, -0.2) is 9.97 Å². The molecule has 1 aromatic heterocycles. The maximum Gasteiger partial charge on any atom is 0.216 e. The van der Waals surface area contributed by atoms with Gasteiger partial charge in [0.05, 0.1) is 19.4 Å². The Kier molecular flexibility index (Phi) is 2.17. The fourth-order valence-electron chi connectivity index (χ4n) is 0.575. The number of aromatic nitrogens is 2. The van der Waals surface area contributed by atoms with Gasteiger partial charge in [-0.1, -0.05) is 0 Å². The fourth-order valence-corrected chi connectivity index (χ4v) is 0.575. The van der Waals surface area contributed by atoms with Crippen LogP contribution in [0.25, 0.3) is 0 Å². The van der Waals surface area contributed by atoms with Gasteiger partial charge in [0.2, 0.25) is 5.88 Å². The SMILES string of the molecule is COc1cc(CO)ncn1. The summed E-state index contributed by atoms with van der Waals surface area (Å²) in [5.41, 5.74) is 0.562. The maximum atomic E-state index is 8.61. The smallest absolute Gasteiger partial charge is 0.216 e. The van der Waals surface area contributed by atoms with Crippen LogP contribution in [0.5, 0.6) is 5.88 Å². The van der Waals surface area contributed by atoms with Crippen molar-refractivity contribution >= 4 is 0 Å². The first-order chi connectivity index (χ1) is 4.86. The lowest BCUT2D eigenvalue weighted by Gasteiger charge is -1.97. The number of rotatable bonds is 2. The summed E-state index contributed by atoms with van der Waals surface area (Å²) in [5, 5.41) is 8.61. The highest BCUT2D eigenvalue weighted by molar-refractivity contribution is 5.12. The van der Waals surface area contributed by atoms with E-state index < -0.39 is 0 Å². The summed E-state index contributed by atoms with van der Waals surface area (Å²) in [5.74, 6) is 0.471. The Hall–Kier alpha value is -1.16. The van der Waals surface area contributed by atoms with Crippen molar-refractivity contribution in [3.05, 3.63) is 18.1 Å². The van der Waals surface area contributed by atoms with Crippen molar-refractivity contribution < 1.29 is 9.84 Å². The third kappa shape index (κ3) is 1.41. The van der Waals surface area contributed by atoms with Crippen LogP contribution in [0.4, 0.5) is 0 Å². The molecule has 1 heterocycles. The zero-order valence-electron chi connectivity index (χ0n) is 5.61. The minimum absolute atomic E-state index is 0.0844. The van der Waals surface area contributed by atoms with Crippen molar-refractivity contribution in [3.8, 4) is 5.88 Å². The molecule has 0 aliphatic rings. The quantitative estimate of drug-likeness (QED) is 0.627. The topological polar surface area (TPSA) is 55.2 Å². The summed E-state index contributed by atoms with van der Waals surface area (Å²) in [4.78, 5) is 7.53. The highest BCUT2D eigenvalue weighted by atomic mass is 16.5. The molecule has 0 saturated heterocycles. The van der Waals surface area contributed by atoms with Crippen molar-refractivity contribution in [2.45, 2.75) is 6.61 Å². The van der Waals surface area contributed by atoms with E-state index >= 15 is 0 Å². The van der Waals surface area contributed by atoms with Crippen molar-refractivity contribution in [2.24, 2.45) is 0 Å². The average molecular weight is 140 g/mol. The van der Waals surface area contributed by atoms with Crippen LogP contribution in [0.1, 0.15) is 5.69 Å². The zero-order chi connectivity index (χ0) is 7.40. The number of aliphatic hydroxyl groups excluding tert-OH is 1. The molecule has 4 nitrogen and oxygen atoms in total. The molecule has 0 aromatic carbocycles. The van der Waals surface area contributed by atoms with Crippen LogP contribution in [0, 0.1) is 0 Å². The predicted octanol–water partition coefficient (Wildman–Crippen LogP) is -0.0225. The molecule has 0 aliphatic heterocycles. The summed E-state index contributed by atoms with van der Waals surface area (Å²) in [6, 6.07) is 1.58. The molecule has 0 spiro atoms. The van der Waals surface area contributed by atoms with E-state index in [1.807, 2.05) is 0 Å².